The van der Waals surface area contributed by atoms with Gasteiger partial charge in [0.05, 0.1) is 6.61 Å². The Morgan fingerprint density at radius 1 is 0.532 bits per heavy atom. The standard InChI is InChI=1S/C38H73O8P/c1-3-5-7-9-11-13-15-17-19-21-22-24-26-28-30-32-37(39)44-34-36(35-45-47(41,42)43)46-38(40)33-31-29-27-25-23-20-18-16-14-12-10-8-6-4-2/h13,15,36H,3-12,14,16-35H2,1-2H3,(H2,41,42,43)/b15-13+/t36-/m1/s1. The van der Waals surface area contributed by atoms with Gasteiger partial charge in [0, 0.05) is 12.8 Å². The molecule has 0 aromatic carbocycles. The van der Waals surface area contributed by atoms with Crippen LogP contribution >= 0.6 is 7.82 Å². The summed E-state index contributed by atoms with van der Waals surface area (Å²) in [6, 6.07) is 0. The van der Waals surface area contributed by atoms with Crippen LogP contribution in [0.15, 0.2) is 12.2 Å². The summed E-state index contributed by atoms with van der Waals surface area (Å²) in [5, 5.41) is 0. The molecule has 0 aromatic heterocycles. The normalized spacial score (nSPS) is 12.5. The van der Waals surface area contributed by atoms with Gasteiger partial charge in [0.2, 0.25) is 0 Å². The fourth-order valence-electron chi connectivity index (χ4n) is 5.60. The second-order valence-corrected chi connectivity index (χ2v) is 14.5. The van der Waals surface area contributed by atoms with Crippen molar-refractivity contribution in [3.8, 4) is 0 Å². The fourth-order valence-corrected chi connectivity index (χ4v) is 5.96. The van der Waals surface area contributed by atoms with Gasteiger partial charge in [-0.05, 0) is 38.5 Å². The highest BCUT2D eigenvalue weighted by Gasteiger charge is 2.22. The maximum atomic E-state index is 12.4. The maximum absolute atomic E-state index is 12.4. The van der Waals surface area contributed by atoms with E-state index >= 15 is 0 Å². The molecule has 0 spiro atoms. The summed E-state index contributed by atoms with van der Waals surface area (Å²) in [5.41, 5.74) is 0. The van der Waals surface area contributed by atoms with Gasteiger partial charge >= 0.3 is 19.8 Å². The second-order valence-electron chi connectivity index (χ2n) is 13.3. The zero-order valence-corrected chi connectivity index (χ0v) is 31.3. The van der Waals surface area contributed by atoms with Gasteiger partial charge in [-0.15, -0.1) is 0 Å². The first-order chi connectivity index (χ1) is 22.8. The number of phosphoric acid groups is 1. The first-order valence-electron chi connectivity index (χ1n) is 19.5. The van der Waals surface area contributed by atoms with Crippen LogP contribution in [0.4, 0.5) is 0 Å². The van der Waals surface area contributed by atoms with Crippen molar-refractivity contribution < 1.29 is 37.9 Å². The Morgan fingerprint density at radius 3 is 1.32 bits per heavy atom. The number of carbonyl (C=O) groups excluding carboxylic acids is 2. The van der Waals surface area contributed by atoms with E-state index in [4.69, 9.17) is 19.3 Å². The lowest BCUT2D eigenvalue weighted by molar-refractivity contribution is -0.161. The number of unbranched alkanes of at least 4 members (excludes halogenated alkanes) is 24. The molecule has 0 fully saturated rings. The molecule has 0 rings (SSSR count). The fraction of sp³-hybridized carbons (Fsp3) is 0.895. The van der Waals surface area contributed by atoms with E-state index in [0.29, 0.717) is 6.42 Å². The van der Waals surface area contributed by atoms with Crippen LogP contribution in [0.1, 0.15) is 200 Å². The summed E-state index contributed by atoms with van der Waals surface area (Å²) < 4.78 is 26.3. The third-order valence-corrected chi connectivity index (χ3v) is 9.02. The third-order valence-electron chi connectivity index (χ3n) is 8.53. The van der Waals surface area contributed by atoms with E-state index in [1.807, 2.05) is 0 Å². The molecule has 2 N–H and O–H groups in total. The van der Waals surface area contributed by atoms with Crippen molar-refractivity contribution in [3.05, 3.63) is 12.2 Å². The summed E-state index contributed by atoms with van der Waals surface area (Å²) in [6.45, 7) is 3.67. The predicted molar refractivity (Wildman–Crippen MR) is 193 cm³/mol. The van der Waals surface area contributed by atoms with Crippen LogP contribution in [0.5, 0.6) is 0 Å². The van der Waals surface area contributed by atoms with Crippen molar-refractivity contribution in [2.45, 2.75) is 206 Å². The molecule has 0 radical (unpaired) electrons. The number of ether oxygens (including phenoxy) is 2. The molecule has 0 aromatic rings. The molecule has 0 amide bonds. The number of esters is 2. The van der Waals surface area contributed by atoms with Crippen LogP contribution in [0.2, 0.25) is 0 Å². The lowest BCUT2D eigenvalue weighted by Crippen LogP contribution is -2.29. The van der Waals surface area contributed by atoms with E-state index < -0.39 is 32.5 Å². The Labute approximate surface area is 288 Å². The molecule has 47 heavy (non-hydrogen) atoms. The molecular weight excluding hydrogens is 615 g/mol. The average Bonchev–Trinajstić information content (AvgIpc) is 3.03. The maximum Gasteiger partial charge on any atom is 0.469 e. The second kappa shape index (κ2) is 34.6. The number of rotatable bonds is 36. The largest absolute Gasteiger partial charge is 0.469 e. The smallest absolute Gasteiger partial charge is 0.462 e. The van der Waals surface area contributed by atoms with Crippen molar-refractivity contribution in [3.63, 3.8) is 0 Å². The summed E-state index contributed by atoms with van der Waals surface area (Å²) >= 11 is 0. The van der Waals surface area contributed by atoms with Crippen molar-refractivity contribution in [2.75, 3.05) is 13.2 Å². The van der Waals surface area contributed by atoms with Crippen molar-refractivity contribution in [1.82, 2.24) is 0 Å². The van der Waals surface area contributed by atoms with E-state index in [-0.39, 0.29) is 19.4 Å². The van der Waals surface area contributed by atoms with Gasteiger partial charge in [-0.25, -0.2) is 4.57 Å². The molecule has 0 aliphatic carbocycles. The van der Waals surface area contributed by atoms with Crippen LogP contribution in [0.25, 0.3) is 0 Å². The highest BCUT2D eigenvalue weighted by Crippen LogP contribution is 2.36. The van der Waals surface area contributed by atoms with Gasteiger partial charge in [0.15, 0.2) is 6.10 Å². The first kappa shape index (κ1) is 45.8. The van der Waals surface area contributed by atoms with Crippen LogP contribution in [0, 0.1) is 0 Å². The molecule has 0 bridgehead atoms. The summed E-state index contributed by atoms with van der Waals surface area (Å²) in [4.78, 5) is 42.7. The lowest BCUT2D eigenvalue weighted by atomic mass is 10.0. The van der Waals surface area contributed by atoms with Crippen molar-refractivity contribution in [2.24, 2.45) is 0 Å². The number of phosphoric ester groups is 1. The van der Waals surface area contributed by atoms with Crippen LogP contribution in [-0.4, -0.2) is 41.0 Å². The minimum absolute atomic E-state index is 0.216. The molecule has 8 nitrogen and oxygen atoms in total. The Morgan fingerprint density at radius 2 is 0.894 bits per heavy atom. The third kappa shape index (κ3) is 37.5. The van der Waals surface area contributed by atoms with Crippen molar-refractivity contribution >= 4 is 19.8 Å². The quantitative estimate of drug-likeness (QED) is 0.0289. The van der Waals surface area contributed by atoms with E-state index in [9.17, 15) is 14.2 Å². The monoisotopic (exact) mass is 689 g/mol. The average molecular weight is 689 g/mol. The first-order valence-corrected chi connectivity index (χ1v) is 21.0. The Bertz CT molecular complexity index is 782. The zero-order chi connectivity index (χ0) is 34.7. The summed E-state index contributed by atoms with van der Waals surface area (Å²) in [6.07, 6.45) is 36.4. The molecule has 0 saturated heterocycles. The molecule has 0 aliphatic rings. The summed E-state index contributed by atoms with van der Waals surface area (Å²) in [7, 11) is -4.74. The molecule has 0 aliphatic heterocycles. The SMILES string of the molecule is CCCCCC/C=C/CCCCCCCCCC(=O)OC[C@H](COP(=O)(O)O)OC(=O)CCCCCCCCCCCCCCCC. The van der Waals surface area contributed by atoms with E-state index in [1.54, 1.807) is 0 Å². The summed E-state index contributed by atoms with van der Waals surface area (Å²) in [5.74, 6) is -0.881. The van der Waals surface area contributed by atoms with Crippen LogP contribution < -0.4 is 0 Å². The predicted octanol–water partition coefficient (Wildman–Crippen LogP) is 11.5. The molecule has 278 valence electrons. The van der Waals surface area contributed by atoms with Gasteiger partial charge in [0.25, 0.3) is 0 Å². The van der Waals surface area contributed by atoms with Gasteiger partial charge in [-0.3, -0.25) is 14.1 Å². The molecule has 0 heterocycles. The zero-order valence-electron chi connectivity index (χ0n) is 30.4. The molecular formula is C38H73O8P. The molecule has 1 atom stereocenters. The Kier molecular flexibility index (Phi) is 33.8. The molecule has 0 saturated carbocycles. The highest BCUT2D eigenvalue weighted by atomic mass is 31.2. The van der Waals surface area contributed by atoms with E-state index in [2.05, 4.69) is 30.5 Å². The van der Waals surface area contributed by atoms with Crippen LogP contribution in [0.3, 0.4) is 0 Å². The minimum Gasteiger partial charge on any atom is -0.462 e. The Hall–Kier alpha value is -1.21. The topological polar surface area (TPSA) is 119 Å². The lowest BCUT2D eigenvalue weighted by Gasteiger charge is -2.18. The van der Waals surface area contributed by atoms with Gasteiger partial charge in [-0.2, -0.15) is 0 Å². The van der Waals surface area contributed by atoms with E-state index in [1.165, 1.54) is 116 Å². The number of hydrogen-bond donors (Lipinski definition) is 2. The highest BCUT2D eigenvalue weighted by molar-refractivity contribution is 7.46. The van der Waals surface area contributed by atoms with Crippen LogP contribution in [-0.2, 0) is 28.2 Å². The minimum atomic E-state index is -4.74. The van der Waals surface area contributed by atoms with E-state index in [0.717, 1.165) is 51.4 Å². The number of hydrogen-bond acceptors (Lipinski definition) is 6. The number of allylic oxidation sites excluding steroid dienone is 2. The van der Waals surface area contributed by atoms with Gasteiger partial charge in [0.1, 0.15) is 6.61 Å². The van der Waals surface area contributed by atoms with Gasteiger partial charge < -0.3 is 19.3 Å². The van der Waals surface area contributed by atoms with Gasteiger partial charge in [-0.1, -0.05) is 161 Å². The Balaban J connectivity index is 3.93. The number of carbonyl (C=O) groups is 2. The molecule has 9 heteroatoms. The molecule has 0 unspecified atom stereocenters. The van der Waals surface area contributed by atoms with Crippen molar-refractivity contribution in [1.29, 1.82) is 0 Å².